The van der Waals surface area contributed by atoms with Gasteiger partial charge in [0, 0.05) is 23.7 Å². The molecule has 0 amide bonds. The number of rotatable bonds is 7. The van der Waals surface area contributed by atoms with E-state index in [0.29, 0.717) is 11.1 Å². The third-order valence-corrected chi connectivity index (χ3v) is 8.97. The molecule has 0 saturated heterocycles. The van der Waals surface area contributed by atoms with Crippen LogP contribution in [0.5, 0.6) is 5.75 Å². The maximum absolute atomic E-state index is 13.8. The molecule has 0 radical (unpaired) electrons. The molecule has 202 valence electrons. The standard InChI is InChI=1S/C24H21FN5O6PS2/c1-36-37(33)19-11-17(29-39(2,34)35)7-8-18(19)26-23(28-37)20-22(31)21(15-9-10-38-13-15)27-30(24(20)32)12-14-3-5-16(25)6-4-14/h3-11,13,29,31H,12H2,1-2H3,(H,26,28,33). The SMILES string of the molecule is COP1(=O)N=C(c2c(O)c(-c3ccsc3)nn(Cc3ccc(F)cc3)c2=O)Nc2ccc(NS(C)(=O)=O)cc21. The summed E-state index contributed by atoms with van der Waals surface area (Å²) in [6, 6.07) is 11.5. The fraction of sp³-hybridized carbons (Fsp3) is 0.125. The van der Waals surface area contributed by atoms with Gasteiger partial charge in [0.1, 0.15) is 17.1 Å². The minimum Gasteiger partial charge on any atom is -0.505 e. The number of nitrogens with zero attached hydrogens (tertiary/aromatic N) is 3. The first-order valence-corrected chi connectivity index (χ1v) is 15.7. The van der Waals surface area contributed by atoms with Gasteiger partial charge in [0.05, 0.1) is 23.8 Å². The van der Waals surface area contributed by atoms with Gasteiger partial charge in [0.15, 0.2) is 11.6 Å². The van der Waals surface area contributed by atoms with Crippen LogP contribution in [-0.2, 0) is 25.7 Å². The van der Waals surface area contributed by atoms with Crippen molar-refractivity contribution >= 4 is 51.4 Å². The minimum absolute atomic E-state index is 0.0458. The predicted molar refractivity (Wildman–Crippen MR) is 148 cm³/mol. The van der Waals surface area contributed by atoms with E-state index < -0.39 is 34.7 Å². The Hall–Kier alpha value is -3.84. The molecule has 2 aromatic heterocycles. The molecule has 5 rings (SSSR count). The highest BCUT2D eigenvalue weighted by molar-refractivity contribution is 7.92. The van der Waals surface area contributed by atoms with E-state index in [1.54, 1.807) is 16.8 Å². The third kappa shape index (κ3) is 5.36. The van der Waals surface area contributed by atoms with E-state index >= 15 is 0 Å². The molecule has 1 aliphatic heterocycles. The van der Waals surface area contributed by atoms with Crippen molar-refractivity contribution in [2.24, 2.45) is 4.76 Å². The van der Waals surface area contributed by atoms with Crippen molar-refractivity contribution < 1.29 is 27.0 Å². The van der Waals surface area contributed by atoms with Gasteiger partial charge in [-0.1, -0.05) is 12.1 Å². The van der Waals surface area contributed by atoms with E-state index in [9.17, 15) is 27.3 Å². The molecule has 3 N–H and O–H groups in total. The number of thiophene rings is 1. The molecule has 0 fully saturated rings. The van der Waals surface area contributed by atoms with E-state index in [-0.39, 0.29) is 40.3 Å². The molecule has 15 heteroatoms. The van der Waals surface area contributed by atoms with Gasteiger partial charge in [-0.3, -0.25) is 14.1 Å². The number of sulfonamides is 1. The first-order chi connectivity index (χ1) is 18.5. The highest BCUT2D eigenvalue weighted by atomic mass is 32.2. The maximum atomic E-state index is 13.8. The lowest BCUT2D eigenvalue weighted by atomic mass is 10.1. The van der Waals surface area contributed by atoms with Crippen LogP contribution in [0.3, 0.4) is 0 Å². The van der Waals surface area contributed by atoms with Crippen LogP contribution in [0.25, 0.3) is 11.3 Å². The largest absolute Gasteiger partial charge is 0.505 e. The summed E-state index contributed by atoms with van der Waals surface area (Å²) < 4.78 is 63.5. The van der Waals surface area contributed by atoms with E-state index in [4.69, 9.17) is 4.52 Å². The Morgan fingerprint density at radius 1 is 1.21 bits per heavy atom. The summed E-state index contributed by atoms with van der Waals surface area (Å²) in [5, 5.41) is 22.1. The Balaban J connectivity index is 1.67. The summed E-state index contributed by atoms with van der Waals surface area (Å²) in [6.45, 7) is -0.0458. The predicted octanol–water partition coefficient (Wildman–Crippen LogP) is 3.57. The molecule has 0 spiro atoms. The van der Waals surface area contributed by atoms with Crippen molar-refractivity contribution in [3.05, 3.63) is 86.6 Å². The lowest BCUT2D eigenvalue weighted by molar-refractivity contribution is 0.404. The second-order valence-corrected chi connectivity index (χ2v) is 13.2. The summed E-state index contributed by atoms with van der Waals surface area (Å²) in [5.41, 5.74) is 0.538. The highest BCUT2D eigenvalue weighted by Crippen LogP contribution is 2.52. The fourth-order valence-electron chi connectivity index (χ4n) is 3.98. The summed E-state index contributed by atoms with van der Waals surface area (Å²) in [7, 11) is -6.47. The zero-order valence-corrected chi connectivity index (χ0v) is 23.0. The van der Waals surface area contributed by atoms with Crippen molar-refractivity contribution in [2.45, 2.75) is 6.54 Å². The van der Waals surface area contributed by atoms with Crippen LogP contribution in [0.2, 0.25) is 0 Å². The first kappa shape index (κ1) is 26.8. The first-order valence-electron chi connectivity index (χ1n) is 11.2. The Bertz CT molecular complexity index is 1820. The van der Waals surface area contributed by atoms with Gasteiger partial charge in [-0.05, 0) is 47.3 Å². The number of aromatic hydroxyl groups is 1. The summed E-state index contributed by atoms with van der Waals surface area (Å²) in [4.78, 5) is 13.6. The monoisotopic (exact) mass is 589 g/mol. The molecule has 4 aromatic rings. The van der Waals surface area contributed by atoms with E-state index in [1.807, 2.05) is 0 Å². The van der Waals surface area contributed by atoms with Crippen molar-refractivity contribution in [2.75, 3.05) is 23.4 Å². The van der Waals surface area contributed by atoms with Gasteiger partial charge >= 0.3 is 7.52 Å². The van der Waals surface area contributed by atoms with Gasteiger partial charge in [0.25, 0.3) is 5.56 Å². The van der Waals surface area contributed by atoms with Crippen LogP contribution in [-0.4, -0.2) is 42.5 Å². The molecule has 1 unspecified atom stereocenters. The van der Waals surface area contributed by atoms with Gasteiger partial charge in [0.2, 0.25) is 10.0 Å². The summed E-state index contributed by atoms with van der Waals surface area (Å²) >= 11 is 1.36. The number of halogens is 1. The van der Waals surface area contributed by atoms with Gasteiger partial charge in [-0.2, -0.15) is 21.2 Å². The summed E-state index contributed by atoms with van der Waals surface area (Å²) in [5.74, 6) is -1.14. The van der Waals surface area contributed by atoms with Crippen molar-refractivity contribution in [1.82, 2.24) is 9.78 Å². The normalized spacial score (nSPS) is 16.7. The van der Waals surface area contributed by atoms with Crippen LogP contribution in [0.1, 0.15) is 11.1 Å². The molecule has 0 saturated carbocycles. The van der Waals surface area contributed by atoms with Gasteiger partial charge < -0.3 is 14.9 Å². The fourth-order valence-corrected chi connectivity index (χ4v) is 6.71. The van der Waals surface area contributed by atoms with Gasteiger partial charge in [-0.25, -0.2) is 17.5 Å². The topological polar surface area (TPSA) is 152 Å². The Morgan fingerprint density at radius 2 is 1.95 bits per heavy atom. The molecule has 1 aliphatic rings. The van der Waals surface area contributed by atoms with Crippen molar-refractivity contribution in [1.29, 1.82) is 0 Å². The van der Waals surface area contributed by atoms with E-state index in [0.717, 1.165) is 10.9 Å². The number of aromatic nitrogens is 2. The van der Waals surface area contributed by atoms with Crippen LogP contribution in [0.15, 0.2) is 68.8 Å². The smallest absolute Gasteiger partial charge is 0.348 e. The number of anilines is 2. The molecule has 0 bridgehead atoms. The minimum atomic E-state index is -4.03. The Kier molecular flexibility index (Phi) is 6.89. The number of benzene rings is 2. The van der Waals surface area contributed by atoms with E-state index in [2.05, 4.69) is 19.9 Å². The lowest BCUT2D eigenvalue weighted by Gasteiger charge is -2.25. The highest BCUT2D eigenvalue weighted by Gasteiger charge is 2.36. The average molecular weight is 590 g/mol. The van der Waals surface area contributed by atoms with E-state index in [1.165, 1.54) is 60.9 Å². The maximum Gasteiger partial charge on any atom is 0.348 e. The number of nitrogens with one attached hydrogen (secondary N) is 2. The molecule has 11 nitrogen and oxygen atoms in total. The molecule has 2 aromatic carbocycles. The zero-order valence-electron chi connectivity index (χ0n) is 20.5. The van der Waals surface area contributed by atoms with Gasteiger partial charge in [-0.15, -0.1) is 0 Å². The van der Waals surface area contributed by atoms with Crippen LogP contribution >= 0.6 is 18.9 Å². The Labute approximate surface area is 226 Å². The van der Waals surface area contributed by atoms with Crippen LogP contribution < -0.4 is 20.9 Å². The van der Waals surface area contributed by atoms with Crippen molar-refractivity contribution in [3.63, 3.8) is 0 Å². The van der Waals surface area contributed by atoms with Crippen LogP contribution in [0, 0.1) is 5.82 Å². The number of fused-ring (bicyclic) bond motifs is 1. The Morgan fingerprint density at radius 3 is 2.59 bits per heavy atom. The van der Waals surface area contributed by atoms with Crippen LogP contribution in [0.4, 0.5) is 15.8 Å². The molecule has 0 aliphatic carbocycles. The average Bonchev–Trinajstić information content (AvgIpc) is 3.41. The number of hydrogen-bond acceptors (Lipinski definition) is 9. The molecule has 3 heterocycles. The zero-order chi connectivity index (χ0) is 27.9. The quantitative estimate of drug-likeness (QED) is 0.277. The second kappa shape index (κ2) is 10.0. The number of hydrogen-bond donors (Lipinski definition) is 3. The molecule has 39 heavy (non-hydrogen) atoms. The summed E-state index contributed by atoms with van der Waals surface area (Å²) in [6.07, 6.45) is 0.977. The molecular formula is C24H21FN5O6PS2. The lowest BCUT2D eigenvalue weighted by Crippen LogP contribution is -2.35. The number of amidine groups is 1. The molecule has 1 atom stereocenters. The van der Waals surface area contributed by atoms with Crippen molar-refractivity contribution in [3.8, 4) is 17.0 Å². The second-order valence-electron chi connectivity index (χ2n) is 8.56. The molecular weight excluding hydrogens is 568 g/mol. The third-order valence-electron chi connectivity index (χ3n) is 5.74.